The lowest BCUT2D eigenvalue weighted by atomic mass is 9.73. The van der Waals surface area contributed by atoms with Crippen LogP contribution in [0, 0.1) is 11.7 Å². The van der Waals surface area contributed by atoms with Crippen molar-refractivity contribution in [2.24, 2.45) is 5.92 Å². The van der Waals surface area contributed by atoms with E-state index in [1.807, 2.05) is 19.2 Å². The van der Waals surface area contributed by atoms with Crippen LogP contribution in [0.15, 0.2) is 18.2 Å². The Morgan fingerprint density at radius 2 is 1.95 bits per heavy atom. The molecule has 0 amide bonds. The summed E-state index contributed by atoms with van der Waals surface area (Å²) in [5.41, 5.74) is 0.266. The monoisotopic (exact) mass is 295 g/mol. The molecule has 0 spiro atoms. The van der Waals surface area contributed by atoms with Gasteiger partial charge in [0.25, 0.3) is 0 Å². The molecule has 2 rings (SSSR count). The number of rotatable bonds is 5. The van der Waals surface area contributed by atoms with Crippen LogP contribution >= 0.6 is 0 Å². The van der Waals surface area contributed by atoms with Gasteiger partial charge in [0.05, 0.1) is 18.8 Å². The molecule has 1 atom stereocenters. The largest absolute Gasteiger partial charge is 0.494 e. The average molecular weight is 295 g/mol. The van der Waals surface area contributed by atoms with Gasteiger partial charge in [-0.3, -0.25) is 0 Å². The lowest BCUT2D eigenvalue weighted by Crippen LogP contribution is -2.47. The van der Waals surface area contributed by atoms with Gasteiger partial charge in [0.15, 0.2) is 11.6 Å². The van der Waals surface area contributed by atoms with Crippen LogP contribution in [0.2, 0.25) is 0 Å². The summed E-state index contributed by atoms with van der Waals surface area (Å²) in [4.78, 5) is 0. The molecule has 1 fully saturated rings. The summed E-state index contributed by atoms with van der Waals surface area (Å²) in [5, 5.41) is 3.27. The van der Waals surface area contributed by atoms with Crippen molar-refractivity contribution >= 4 is 0 Å². The van der Waals surface area contributed by atoms with E-state index in [9.17, 15) is 4.39 Å². The zero-order valence-corrected chi connectivity index (χ0v) is 13.4. The summed E-state index contributed by atoms with van der Waals surface area (Å²) in [7, 11) is 5.09. The molecule has 0 aliphatic heterocycles. The maximum atomic E-state index is 14.6. The number of halogens is 1. The zero-order chi connectivity index (χ0) is 15.5. The molecule has 1 N–H and O–H groups in total. The first-order chi connectivity index (χ1) is 10.1. The molecule has 118 valence electrons. The first-order valence-corrected chi connectivity index (χ1v) is 7.62. The topological polar surface area (TPSA) is 30.5 Å². The van der Waals surface area contributed by atoms with E-state index in [0.717, 1.165) is 25.7 Å². The third-order valence-electron chi connectivity index (χ3n) is 4.87. The number of likely N-dealkylation sites (N-methyl/N-ethyl adjacent to an activating group) is 1. The highest BCUT2D eigenvalue weighted by Crippen LogP contribution is 2.44. The van der Waals surface area contributed by atoms with Gasteiger partial charge in [-0.1, -0.05) is 19.1 Å². The molecule has 1 unspecified atom stereocenters. The SMILES string of the molecule is CNC(c1cccc(OC)c1F)C1(OC)CCC(C)CC1. The van der Waals surface area contributed by atoms with E-state index in [4.69, 9.17) is 9.47 Å². The molecule has 0 radical (unpaired) electrons. The van der Waals surface area contributed by atoms with Gasteiger partial charge < -0.3 is 14.8 Å². The smallest absolute Gasteiger partial charge is 0.169 e. The minimum absolute atomic E-state index is 0.176. The van der Waals surface area contributed by atoms with Crippen molar-refractivity contribution in [1.82, 2.24) is 5.32 Å². The summed E-state index contributed by atoms with van der Waals surface area (Å²) < 4.78 is 25.6. The Kier molecular flexibility index (Phi) is 5.22. The molecule has 0 bridgehead atoms. The Balaban J connectivity index is 2.38. The molecule has 1 aliphatic carbocycles. The fourth-order valence-corrected chi connectivity index (χ4v) is 3.47. The van der Waals surface area contributed by atoms with E-state index in [2.05, 4.69) is 12.2 Å². The number of nitrogens with one attached hydrogen (secondary N) is 1. The summed E-state index contributed by atoms with van der Waals surface area (Å²) in [6, 6.07) is 5.12. The number of methoxy groups -OCH3 is 2. The van der Waals surface area contributed by atoms with Crippen molar-refractivity contribution in [2.45, 2.75) is 44.2 Å². The van der Waals surface area contributed by atoms with Gasteiger partial charge in [0.1, 0.15) is 0 Å². The molecule has 3 nitrogen and oxygen atoms in total. The summed E-state index contributed by atoms with van der Waals surface area (Å²) >= 11 is 0. The van der Waals surface area contributed by atoms with Gasteiger partial charge in [0.2, 0.25) is 0 Å². The van der Waals surface area contributed by atoms with Gasteiger partial charge in [-0.2, -0.15) is 0 Å². The fraction of sp³-hybridized carbons (Fsp3) is 0.647. The fourth-order valence-electron chi connectivity index (χ4n) is 3.47. The highest BCUT2D eigenvalue weighted by atomic mass is 19.1. The van der Waals surface area contributed by atoms with Crippen LogP contribution in [0.4, 0.5) is 4.39 Å². The summed E-state index contributed by atoms with van der Waals surface area (Å²) in [5.74, 6) is 0.693. The molecule has 1 aliphatic rings. The first-order valence-electron chi connectivity index (χ1n) is 7.62. The van der Waals surface area contributed by atoms with Crippen LogP contribution in [-0.4, -0.2) is 26.9 Å². The Labute approximate surface area is 126 Å². The number of hydrogen-bond donors (Lipinski definition) is 1. The molecule has 21 heavy (non-hydrogen) atoms. The Hall–Kier alpha value is -1.13. The van der Waals surface area contributed by atoms with Gasteiger partial charge >= 0.3 is 0 Å². The molecule has 0 saturated heterocycles. The lowest BCUT2D eigenvalue weighted by molar-refractivity contribution is -0.0752. The molecular weight excluding hydrogens is 269 g/mol. The van der Waals surface area contributed by atoms with E-state index in [0.29, 0.717) is 11.5 Å². The normalized spacial score (nSPS) is 27.4. The molecule has 4 heteroatoms. The van der Waals surface area contributed by atoms with Crippen molar-refractivity contribution in [3.63, 3.8) is 0 Å². The van der Waals surface area contributed by atoms with Crippen molar-refractivity contribution in [1.29, 1.82) is 0 Å². The first kappa shape index (κ1) is 16.2. The van der Waals surface area contributed by atoms with Crippen molar-refractivity contribution in [2.75, 3.05) is 21.3 Å². The van der Waals surface area contributed by atoms with E-state index in [1.165, 1.54) is 7.11 Å². The van der Waals surface area contributed by atoms with E-state index >= 15 is 0 Å². The van der Waals surface area contributed by atoms with Gasteiger partial charge in [-0.15, -0.1) is 0 Å². The average Bonchev–Trinajstić information content (AvgIpc) is 2.51. The molecule has 1 aromatic rings. The van der Waals surface area contributed by atoms with Crippen LogP contribution in [0.1, 0.15) is 44.2 Å². The van der Waals surface area contributed by atoms with Crippen LogP contribution in [0.25, 0.3) is 0 Å². The number of ether oxygens (including phenoxy) is 2. The lowest BCUT2D eigenvalue weighted by Gasteiger charge is -2.44. The maximum Gasteiger partial charge on any atom is 0.169 e. The minimum atomic E-state index is -0.353. The Morgan fingerprint density at radius 3 is 2.48 bits per heavy atom. The Bertz CT molecular complexity index is 470. The zero-order valence-electron chi connectivity index (χ0n) is 13.4. The summed E-state index contributed by atoms with van der Waals surface area (Å²) in [6.07, 6.45) is 4.09. The Morgan fingerprint density at radius 1 is 1.29 bits per heavy atom. The minimum Gasteiger partial charge on any atom is -0.494 e. The predicted octanol–water partition coefficient (Wildman–Crippen LogP) is 3.69. The van der Waals surface area contributed by atoms with E-state index in [1.54, 1.807) is 13.2 Å². The van der Waals surface area contributed by atoms with Crippen molar-refractivity contribution in [3.8, 4) is 5.75 Å². The third-order valence-corrected chi connectivity index (χ3v) is 4.87. The highest BCUT2D eigenvalue weighted by molar-refractivity contribution is 5.34. The second-order valence-electron chi connectivity index (χ2n) is 6.04. The van der Waals surface area contributed by atoms with E-state index in [-0.39, 0.29) is 23.2 Å². The second kappa shape index (κ2) is 6.75. The van der Waals surface area contributed by atoms with Gasteiger partial charge in [0, 0.05) is 12.7 Å². The summed E-state index contributed by atoms with van der Waals surface area (Å²) in [6.45, 7) is 2.26. The third kappa shape index (κ3) is 3.06. The number of benzene rings is 1. The second-order valence-corrected chi connectivity index (χ2v) is 6.04. The highest BCUT2D eigenvalue weighted by Gasteiger charge is 2.42. The quantitative estimate of drug-likeness (QED) is 0.898. The molecule has 0 aromatic heterocycles. The number of hydrogen-bond acceptors (Lipinski definition) is 3. The molecular formula is C17H26FNO2. The van der Waals surface area contributed by atoms with E-state index < -0.39 is 0 Å². The molecule has 1 aromatic carbocycles. The van der Waals surface area contributed by atoms with Crippen LogP contribution in [-0.2, 0) is 4.74 Å². The predicted molar refractivity (Wildman–Crippen MR) is 82.1 cm³/mol. The van der Waals surface area contributed by atoms with Gasteiger partial charge in [-0.25, -0.2) is 4.39 Å². The maximum absolute atomic E-state index is 14.6. The van der Waals surface area contributed by atoms with Crippen molar-refractivity contribution in [3.05, 3.63) is 29.6 Å². The standard InChI is InChI=1S/C17H26FNO2/c1-12-8-10-17(21-4,11-9-12)16(19-2)13-6-5-7-14(20-3)15(13)18/h5-7,12,16,19H,8-11H2,1-4H3. The van der Waals surface area contributed by atoms with Crippen LogP contribution in [0.3, 0.4) is 0 Å². The van der Waals surface area contributed by atoms with Crippen molar-refractivity contribution < 1.29 is 13.9 Å². The molecule has 0 heterocycles. The van der Waals surface area contributed by atoms with Crippen LogP contribution < -0.4 is 10.1 Å². The molecule has 1 saturated carbocycles. The van der Waals surface area contributed by atoms with Crippen LogP contribution in [0.5, 0.6) is 5.75 Å². The van der Waals surface area contributed by atoms with Gasteiger partial charge in [-0.05, 0) is 44.7 Å².